The standard InChI is InChI=1S/C11H13FN2O/c12-8-4-3-6-9(8)14-11(15)10-5-1-2-7-13-10/h1-2,5,7-9H,3-4,6H2,(H,14,15)/t8-,9+/m1/s1. The van der Waals surface area contributed by atoms with Crippen LogP contribution in [0.5, 0.6) is 0 Å². The summed E-state index contributed by atoms with van der Waals surface area (Å²) in [5.74, 6) is -0.287. The second-order valence-electron chi connectivity index (χ2n) is 3.74. The Morgan fingerprint density at radius 1 is 1.47 bits per heavy atom. The third-order valence-electron chi connectivity index (χ3n) is 2.65. The number of rotatable bonds is 2. The Morgan fingerprint density at radius 3 is 2.93 bits per heavy atom. The number of nitrogens with zero attached hydrogens (tertiary/aromatic N) is 1. The van der Waals surface area contributed by atoms with Gasteiger partial charge in [-0.25, -0.2) is 4.39 Å². The topological polar surface area (TPSA) is 42.0 Å². The van der Waals surface area contributed by atoms with E-state index in [0.29, 0.717) is 12.1 Å². The Morgan fingerprint density at radius 2 is 2.33 bits per heavy atom. The highest BCUT2D eigenvalue weighted by molar-refractivity contribution is 5.92. The summed E-state index contributed by atoms with van der Waals surface area (Å²) >= 11 is 0. The SMILES string of the molecule is O=C(N[C@H]1CCC[C@H]1F)c1ccccn1. The molecule has 1 aliphatic carbocycles. The molecule has 1 saturated carbocycles. The zero-order chi connectivity index (χ0) is 10.7. The lowest BCUT2D eigenvalue weighted by atomic mass is 10.2. The molecule has 0 saturated heterocycles. The molecule has 1 N–H and O–H groups in total. The molecule has 0 spiro atoms. The molecule has 0 aliphatic heterocycles. The van der Waals surface area contributed by atoms with Gasteiger partial charge in [0.05, 0.1) is 6.04 Å². The third-order valence-corrected chi connectivity index (χ3v) is 2.65. The molecule has 3 nitrogen and oxygen atoms in total. The van der Waals surface area contributed by atoms with Crippen molar-refractivity contribution in [1.82, 2.24) is 10.3 Å². The summed E-state index contributed by atoms with van der Waals surface area (Å²) in [5.41, 5.74) is 0.344. The van der Waals surface area contributed by atoms with Crippen LogP contribution in [-0.4, -0.2) is 23.1 Å². The van der Waals surface area contributed by atoms with Gasteiger partial charge in [-0.1, -0.05) is 6.07 Å². The zero-order valence-electron chi connectivity index (χ0n) is 8.32. The third kappa shape index (κ3) is 2.32. The average Bonchev–Trinajstić information content (AvgIpc) is 2.66. The summed E-state index contributed by atoms with van der Waals surface area (Å²) in [6, 6.07) is 4.77. The number of carbonyl (C=O) groups excluding carboxylic acids is 1. The van der Waals surface area contributed by atoms with E-state index in [2.05, 4.69) is 10.3 Å². The predicted molar refractivity (Wildman–Crippen MR) is 54.2 cm³/mol. The van der Waals surface area contributed by atoms with E-state index in [1.165, 1.54) is 0 Å². The van der Waals surface area contributed by atoms with E-state index in [1.807, 2.05) is 0 Å². The van der Waals surface area contributed by atoms with Crippen molar-refractivity contribution in [3.8, 4) is 0 Å². The molecule has 2 atom stereocenters. The number of aromatic nitrogens is 1. The Labute approximate surface area is 87.7 Å². The molecule has 2 rings (SSSR count). The van der Waals surface area contributed by atoms with Crippen LogP contribution in [0.3, 0.4) is 0 Å². The summed E-state index contributed by atoms with van der Waals surface area (Å²) in [4.78, 5) is 15.5. The number of carbonyl (C=O) groups is 1. The number of hydrogen-bond donors (Lipinski definition) is 1. The van der Waals surface area contributed by atoms with E-state index in [1.54, 1.807) is 24.4 Å². The van der Waals surface area contributed by atoms with Crippen molar-refractivity contribution in [3.63, 3.8) is 0 Å². The Kier molecular flexibility index (Phi) is 2.94. The quantitative estimate of drug-likeness (QED) is 0.803. The first-order valence-corrected chi connectivity index (χ1v) is 5.13. The van der Waals surface area contributed by atoms with Gasteiger partial charge in [-0.2, -0.15) is 0 Å². The molecule has 1 amide bonds. The monoisotopic (exact) mass is 208 g/mol. The van der Waals surface area contributed by atoms with Crippen LogP contribution in [-0.2, 0) is 0 Å². The maximum Gasteiger partial charge on any atom is 0.270 e. The molecule has 4 heteroatoms. The van der Waals surface area contributed by atoms with Crippen molar-refractivity contribution >= 4 is 5.91 Å². The van der Waals surface area contributed by atoms with Crippen LogP contribution in [0.2, 0.25) is 0 Å². The molecule has 1 aromatic rings. The normalized spacial score (nSPS) is 25.1. The zero-order valence-corrected chi connectivity index (χ0v) is 8.32. The van der Waals surface area contributed by atoms with Crippen molar-refractivity contribution in [2.75, 3.05) is 0 Å². The van der Waals surface area contributed by atoms with E-state index in [4.69, 9.17) is 0 Å². The number of nitrogens with one attached hydrogen (secondary N) is 1. The molecule has 15 heavy (non-hydrogen) atoms. The first kappa shape index (κ1) is 10.1. The van der Waals surface area contributed by atoms with E-state index in [-0.39, 0.29) is 11.9 Å². The highest BCUT2D eigenvalue weighted by Crippen LogP contribution is 2.22. The van der Waals surface area contributed by atoms with Crippen molar-refractivity contribution in [3.05, 3.63) is 30.1 Å². The van der Waals surface area contributed by atoms with Crippen molar-refractivity contribution in [1.29, 1.82) is 0 Å². The maximum atomic E-state index is 13.2. The molecule has 0 unspecified atom stereocenters. The molecule has 1 aliphatic rings. The maximum absolute atomic E-state index is 13.2. The van der Waals surface area contributed by atoms with Gasteiger partial charge in [0, 0.05) is 6.20 Å². The van der Waals surface area contributed by atoms with E-state index >= 15 is 0 Å². The fourth-order valence-corrected chi connectivity index (χ4v) is 1.82. The van der Waals surface area contributed by atoms with Gasteiger partial charge >= 0.3 is 0 Å². The first-order chi connectivity index (χ1) is 7.27. The van der Waals surface area contributed by atoms with Crippen LogP contribution >= 0.6 is 0 Å². The van der Waals surface area contributed by atoms with Crippen LogP contribution in [0.25, 0.3) is 0 Å². The Bertz CT molecular complexity index is 342. The van der Waals surface area contributed by atoms with Crippen LogP contribution in [0.15, 0.2) is 24.4 Å². The van der Waals surface area contributed by atoms with Gasteiger partial charge in [-0.05, 0) is 31.4 Å². The van der Waals surface area contributed by atoms with Gasteiger partial charge in [-0.15, -0.1) is 0 Å². The number of amides is 1. The minimum Gasteiger partial charge on any atom is -0.345 e. The van der Waals surface area contributed by atoms with Crippen LogP contribution < -0.4 is 5.32 Å². The van der Waals surface area contributed by atoms with Crippen molar-refractivity contribution in [2.45, 2.75) is 31.5 Å². The van der Waals surface area contributed by atoms with E-state index < -0.39 is 6.17 Å². The Hall–Kier alpha value is -1.45. The number of pyridine rings is 1. The summed E-state index contributed by atoms with van der Waals surface area (Å²) in [6.45, 7) is 0. The summed E-state index contributed by atoms with van der Waals surface area (Å²) in [5, 5.41) is 2.67. The number of alkyl halides is 1. The molecule has 1 fully saturated rings. The van der Waals surface area contributed by atoms with Crippen molar-refractivity contribution in [2.24, 2.45) is 0 Å². The summed E-state index contributed by atoms with van der Waals surface area (Å²) in [7, 11) is 0. The fraction of sp³-hybridized carbons (Fsp3) is 0.455. The largest absolute Gasteiger partial charge is 0.345 e. The molecule has 80 valence electrons. The Balaban J connectivity index is 1.98. The smallest absolute Gasteiger partial charge is 0.270 e. The van der Waals surface area contributed by atoms with Gasteiger partial charge in [0.1, 0.15) is 11.9 Å². The summed E-state index contributed by atoms with van der Waals surface area (Å²) < 4.78 is 13.2. The predicted octanol–water partition coefficient (Wildman–Crippen LogP) is 1.70. The highest BCUT2D eigenvalue weighted by atomic mass is 19.1. The van der Waals surface area contributed by atoms with Gasteiger partial charge in [0.2, 0.25) is 0 Å². The second-order valence-corrected chi connectivity index (χ2v) is 3.74. The van der Waals surface area contributed by atoms with E-state index in [0.717, 1.165) is 12.8 Å². The molecule has 1 heterocycles. The second kappa shape index (κ2) is 4.38. The highest BCUT2D eigenvalue weighted by Gasteiger charge is 2.28. The lowest BCUT2D eigenvalue weighted by Gasteiger charge is -2.14. The number of halogens is 1. The minimum atomic E-state index is -0.905. The molecule has 0 aromatic carbocycles. The van der Waals surface area contributed by atoms with Gasteiger partial charge < -0.3 is 5.32 Å². The molecule has 0 radical (unpaired) electrons. The van der Waals surface area contributed by atoms with Crippen LogP contribution in [0, 0.1) is 0 Å². The van der Waals surface area contributed by atoms with E-state index in [9.17, 15) is 9.18 Å². The lowest BCUT2D eigenvalue weighted by molar-refractivity contribution is 0.0914. The van der Waals surface area contributed by atoms with Crippen molar-refractivity contribution < 1.29 is 9.18 Å². The van der Waals surface area contributed by atoms with Gasteiger partial charge in [-0.3, -0.25) is 9.78 Å². The average molecular weight is 208 g/mol. The lowest BCUT2D eigenvalue weighted by Crippen LogP contribution is -2.38. The van der Waals surface area contributed by atoms with Gasteiger partial charge in [0.15, 0.2) is 0 Å². The molecule has 0 bridgehead atoms. The van der Waals surface area contributed by atoms with Gasteiger partial charge in [0.25, 0.3) is 5.91 Å². The van der Waals surface area contributed by atoms with Crippen LogP contribution in [0.1, 0.15) is 29.8 Å². The minimum absolute atomic E-state index is 0.287. The molecular weight excluding hydrogens is 195 g/mol. The first-order valence-electron chi connectivity index (χ1n) is 5.13. The van der Waals surface area contributed by atoms with Crippen LogP contribution in [0.4, 0.5) is 4.39 Å². The number of hydrogen-bond acceptors (Lipinski definition) is 2. The molecule has 1 aromatic heterocycles. The summed E-state index contributed by atoms with van der Waals surface area (Å²) in [6.07, 6.45) is 2.76. The fourth-order valence-electron chi connectivity index (χ4n) is 1.82. The molecular formula is C11H13FN2O.